The molecule has 0 atom stereocenters. The summed E-state index contributed by atoms with van der Waals surface area (Å²) in [5.74, 6) is 1.97. The highest BCUT2D eigenvalue weighted by molar-refractivity contribution is 6.32. The number of likely N-dealkylation sites (N-methyl/N-ethyl adjacent to an activating group) is 1. The third-order valence-corrected chi connectivity index (χ3v) is 4.41. The van der Waals surface area contributed by atoms with Gasteiger partial charge >= 0.3 is 6.03 Å². The Labute approximate surface area is 164 Å². The quantitative estimate of drug-likeness (QED) is 0.818. The fourth-order valence-corrected chi connectivity index (χ4v) is 2.97. The number of amides is 2. The molecule has 27 heavy (non-hydrogen) atoms. The van der Waals surface area contributed by atoms with Gasteiger partial charge in [-0.25, -0.2) is 4.79 Å². The number of benzene rings is 2. The molecule has 0 bridgehead atoms. The summed E-state index contributed by atoms with van der Waals surface area (Å²) >= 11 is 6.22. The van der Waals surface area contributed by atoms with Crippen LogP contribution in [0, 0.1) is 6.92 Å². The number of hydrogen-bond acceptors (Lipinski definition) is 4. The van der Waals surface area contributed by atoms with Gasteiger partial charge in [0.05, 0.1) is 11.6 Å². The van der Waals surface area contributed by atoms with Crippen LogP contribution in [0.3, 0.4) is 0 Å². The van der Waals surface area contributed by atoms with E-state index in [4.69, 9.17) is 25.8 Å². The third-order valence-electron chi connectivity index (χ3n) is 4.13. The summed E-state index contributed by atoms with van der Waals surface area (Å²) in [7, 11) is 1.73. The summed E-state index contributed by atoms with van der Waals surface area (Å²) in [6, 6.07) is 11.2. The van der Waals surface area contributed by atoms with Gasteiger partial charge in [-0.3, -0.25) is 0 Å². The molecule has 0 saturated carbocycles. The molecule has 6 nitrogen and oxygen atoms in total. The number of carbonyl (C=O) groups is 1. The van der Waals surface area contributed by atoms with Crippen molar-refractivity contribution in [2.75, 3.05) is 33.4 Å². The first-order valence-corrected chi connectivity index (χ1v) is 9.17. The molecule has 3 rings (SSSR count). The van der Waals surface area contributed by atoms with Gasteiger partial charge in [0.1, 0.15) is 25.6 Å². The average molecular weight is 391 g/mol. The molecule has 2 aromatic rings. The van der Waals surface area contributed by atoms with E-state index in [2.05, 4.69) is 5.32 Å². The van der Waals surface area contributed by atoms with E-state index in [1.54, 1.807) is 18.0 Å². The SMILES string of the molecule is Cc1cccc(OCCN(C)C(=O)NCc2cc(Cl)c3c(c2)OCCO3)c1. The first-order chi connectivity index (χ1) is 13.0. The normalized spacial score (nSPS) is 12.4. The Morgan fingerprint density at radius 3 is 2.89 bits per heavy atom. The number of fused-ring (bicyclic) bond motifs is 1. The van der Waals surface area contributed by atoms with Crippen molar-refractivity contribution in [1.29, 1.82) is 0 Å². The standard InChI is InChI=1S/C20H23ClN2O4/c1-14-4-3-5-16(10-14)25-7-6-23(2)20(24)22-13-15-11-17(21)19-18(12-15)26-8-9-27-19/h3-5,10-12H,6-9,13H2,1-2H3,(H,22,24). The van der Waals surface area contributed by atoms with Crippen molar-refractivity contribution in [3.8, 4) is 17.2 Å². The highest BCUT2D eigenvalue weighted by Crippen LogP contribution is 2.38. The Bertz CT molecular complexity index is 813. The maximum absolute atomic E-state index is 12.3. The molecule has 2 amide bonds. The van der Waals surface area contributed by atoms with E-state index in [-0.39, 0.29) is 6.03 Å². The number of urea groups is 1. The smallest absolute Gasteiger partial charge is 0.317 e. The van der Waals surface area contributed by atoms with Crippen LogP contribution in [0.25, 0.3) is 0 Å². The number of carbonyl (C=O) groups excluding carboxylic acids is 1. The van der Waals surface area contributed by atoms with Crippen LogP contribution in [-0.4, -0.2) is 44.3 Å². The minimum atomic E-state index is -0.186. The van der Waals surface area contributed by atoms with Gasteiger partial charge in [-0.15, -0.1) is 0 Å². The second kappa shape index (κ2) is 8.86. The molecule has 1 heterocycles. The molecule has 0 fully saturated rings. The summed E-state index contributed by atoms with van der Waals surface area (Å²) in [5, 5.41) is 3.35. The minimum Gasteiger partial charge on any atom is -0.492 e. The zero-order chi connectivity index (χ0) is 19.2. The van der Waals surface area contributed by atoms with Crippen molar-refractivity contribution in [1.82, 2.24) is 10.2 Å². The monoisotopic (exact) mass is 390 g/mol. The van der Waals surface area contributed by atoms with Crippen LogP contribution in [0.4, 0.5) is 4.79 Å². The number of aryl methyl sites for hydroxylation is 1. The first kappa shape index (κ1) is 19.2. The lowest BCUT2D eigenvalue weighted by Crippen LogP contribution is -2.39. The molecule has 1 aliphatic rings. The van der Waals surface area contributed by atoms with Crippen molar-refractivity contribution in [3.05, 3.63) is 52.5 Å². The van der Waals surface area contributed by atoms with E-state index >= 15 is 0 Å². The van der Waals surface area contributed by atoms with Crippen LogP contribution in [0.5, 0.6) is 17.2 Å². The summed E-state index contributed by atoms with van der Waals surface area (Å²) in [6.45, 7) is 4.22. The van der Waals surface area contributed by atoms with E-state index in [1.165, 1.54) is 0 Å². The largest absolute Gasteiger partial charge is 0.492 e. The summed E-state index contributed by atoms with van der Waals surface area (Å²) in [5.41, 5.74) is 1.98. The van der Waals surface area contributed by atoms with Crippen molar-refractivity contribution < 1.29 is 19.0 Å². The Kier molecular flexibility index (Phi) is 6.29. The molecule has 7 heteroatoms. The zero-order valence-corrected chi connectivity index (χ0v) is 16.2. The fraction of sp³-hybridized carbons (Fsp3) is 0.350. The van der Waals surface area contributed by atoms with E-state index in [0.29, 0.717) is 49.4 Å². The van der Waals surface area contributed by atoms with Crippen molar-refractivity contribution in [3.63, 3.8) is 0 Å². The van der Waals surface area contributed by atoms with Gasteiger partial charge in [-0.2, -0.15) is 0 Å². The average Bonchev–Trinajstić information content (AvgIpc) is 2.66. The molecule has 0 unspecified atom stereocenters. The number of nitrogens with one attached hydrogen (secondary N) is 1. The van der Waals surface area contributed by atoms with Crippen LogP contribution in [0.15, 0.2) is 36.4 Å². The summed E-state index contributed by atoms with van der Waals surface area (Å²) in [6.07, 6.45) is 0. The van der Waals surface area contributed by atoms with Gasteiger partial charge in [0, 0.05) is 13.6 Å². The lowest BCUT2D eigenvalue weighted by molar-refractivity contribution is 0.171. The zero-order valence-electron chi connectivity index (χ0n) is 15.5. The van der Waals surface area contributed by atoms with Gasteiger partial charge in [-0.05, 0) is 42.3 Å². The molecular formula is C20H23ClN2O4. The van der Waals surface area contributed by atoms with Gasteiger partial charge in [0.2, 0.25) is 0 Å². The Morgan fingerprint density at radius 2 is 2.07 bits per heavy atom. The van der Waals surface area contributed by atoms with Crippen LogP contribution in [-0.2, 0) is 6.54 Å². The third kappa shape index (κ3) is 5.20. The lowest BCUT2D eigenvalue weighted by Gasteiger charge is -2.21. The molecule has 1 aliphatic heterocycles. The predicted octanol–water partition coefficient (Wildman–Crippen LogP) is 3.64. The van der Waals surface area contributed by atoms with Gasteiger partial charge in [0.25, 0.3) is 0 Å². The maximum atomic E-state index is 12.3. The number of rotatable bonds is 6. The highest BCUT2D eigenvalue weighted by Gasteiger charge is 2.17. The molecule has 1 N–H and O–H groups in total. The molecule has 144 valence electrons. The van der Waals surface area contributed by atoms with E-state index in [9.17, 15) is 4.79 Å². The van der Waals surface area contributed by atoms with Gasteiger partial charge in [-0.1, -0.05) is 23.7 Å². The number of nitrogens with zero attached hydrogens (tertiary/aromatic N) is 1. The predicted molar refractivity (Wildman–Crippen MR) is 104 cm³/mol. The Morgan fingerprint density at radius 1 is 1.26 bits per heavy atom. The Balaban J connectivity index is 1.46. The van der Waals surface area contributed by atoms with Crippen LogP contribution >= 0.6 is 11.6 Å². The first-order valence-electron chi connectivity index (χ1n) is 8.79. The topological polar surface area (TPSA) is 60.0 Å². The molecule has 2 aromatic carbocycles. The van der Waals surface area contributed by atoms with Crippen LogP contribution in [0.1, 0.15) is 11.1 Å². The lowest BCUT2D eigenvalue weighted by atomic mass is 10.2. The molecule has 0 aromatic heterocycles. The van der Waals surface area contributed by atoms with Crippen molar-refractivity contribution >= 4 is 17.6 Å². The van der Waals surface area contributed by atoms with Crippen molar-refractivity contribution in [2.45, 2.75) is 13.5 Å². The number of halogens is 1. The van der Waals surface area contributed by atoms with Crippen LogP contribution in [0.2, 0.25) is 5.02 Å². The molecule has 0 saturated heterocycles. The highest BCUT2D eigenvalue weighted by atomic mass is 35.5. The van der Waals surface area contributed by atoms with Gasteiger partial charge < -0.3 is 24.4 Å². The maximum Gasteiger partial charge on any atom is 0.317 e. The minimum absolute atomic E-state index is 0.186. The molecule has 0 spiro atoms. The van der Waals surface area contributed by atoms with E-state index < -0.39 is 0 Å². The molecule has 0 aliphatic carbocycles. The number of ether oxygens (including phenoxy) is 3. The van der Waals surface area contributed by atoms with Crippen molar-refractivity contribution in [2.24, 2.45) is 0 Å². The summed E-state index contributed by atoms with van der Waals surface area (Å²) < 4.78 is 16.7. The van der Waals surface area contributed by atoms with E-state index in [1.807, 2.05) is 37.3 Å². The second-order valence-electron chi connectivity index (χ2n) is 6.35. The van der Waals surface area contributed by atoms with E-state index in [0.717, 1.165) is 16.9 Å². The van der Waals surface area contributed by atoms with Crippen LogP contribution < -0.4 is 19.5 Å². The Hall–Kier alpha value is -2.60. The second-order valence-corrected chi connectivity index (χ2v) is 6.75. The molecular weight excluding hydrogens is 368 g/mol. The van der Waals surface area contributed by atoms with Gasteiger partial charge in [0.15, 0.2) is 11.5 Å². The summed E-state index contributed by atoms with van der Waals surface area (Å²) in [4.78, 5) is 13.8. The fourth-order valence-electron chi connectivity index (χ4n) is 2.69. The number of hydrogen-bond donors (Lipinski definition) is 1. The molecule has 0 radical (unpaired) electrons.